The summed E-state index contributed by atoms with van der Waals surface area (Å²) in [6.07, 6.45) is 2.55. The number of rotatable bonds is 4. The van der Waals surface area contributed by atoms with Crippen LogP contribution in [-0.4, -0.2) is 38.1 Å². The van der Waals surface area contributed by atoms with Gasteiger partial charge in [0.2, 0.25) is 5.91 Å². The second-order valence-electron chi connectivity index (χ2n) is 5.20. The Morgan fingerprint density at radius 3 is 2.52 bits per heavy atom. The van der Waals surface area contributed by atoms with Crippen LogP contribution in [0.1, 0.15) is 13.3 Å². The second kappa shape index (κ2) is 5.59. The number of aromatic nitrogens is 3. The van der Waals surface area contributed by atoms with Crippen molar-refractivity contribution in [2.24, 2.45) is 14.1 Å². The Morgan fingerprint density at radius 2 is 1.90 bits per heavy atom. The molecule has 0 N–H and O–H groups in total. The highest BCUT2D eigenvalue weighted by atomic mass is 16.2. The van der Waals surface area contributed by atoms with Gasteiger partial charge in [0.25, 0.3) is 5.56 Å². The fraction of sp³-hybridized carbons (Fsp3) is 0.500. The minimum Gasteiger partial charge on any atom is -0.344 e. The van der Waals surface area contributed by atoms with Crippen molar-refractivity contribution in [2.45, 2.75) is 19.9 Å². The molecule has 0 spiro atoms. The van der Waals surface area contributed by atoms with Crippen molar-refractivity contribution in [2.75, 3.05) is 13.6 Å². The molecule has 0 atom stereocenters. The highest BCUT2D eigenvalue weighted by Gasteiger charge is 2.15. The van der Waals surface area contributed by atoms with Crippen molar-refractivity contribution in [1.29, 1.82) is 0 Å². The van der Waals surface area contributed by atoms with Crippen molar-refractivity contribution in [3.05, 3.63) is 33.1 Å². The maximum Gasteiger partial charge on any atom is 0.332 e. The largest absolute Gasteiger partial charge is 0.344 e. The zero-order valence-corrected chi connectivity index (χ0v) is 12.8. The molecule has 0 saturated heterocycles. The van der Waals surface area contributed by atoms with Crippen LogP contribution in [0.15, 0.2) is 21.9 Å². The molecule has 7 nitrogen and oxygen atoms in total. The number of hydrogen-bond acceptors (Lipinski definition) is 3. The number of likely N-dealkylation sites (N-methyl/N-ethyl adjacent to an activating group) is 1. The summed E-state index contributed by atoms with van der Waals surface area (Å²) in [5.74, 6) is -0.0533. The standard InChI is InChI=1S/C14H20N4O3/c1-5-7-15(2)11(19)9-18-8-6-10-12(18)16(3)14(21)17(4)13(10)20/h6,8H,5,7,9H2,1-4H3. The van der Waals surface area contributed by atoms with Crippen LogP contribution >= 0.6 is 0 Å². The van der Waals surface area contributed by atoms with Crippen LogP contribution in [0.4, 0.5) is 0 Å². The molecule has 114 valence electrons. The smallest absolute Gasteiger partial charge is 0.332 e. The number of aryl methyl sites for hydroxylation is 1. The maximum atomic E-state index is 12.1. The van der Waals surface area contributed by atoms with Gasteiger partial charge in [0.1, 0.15) is 12.2 Å². The van der Waals surface area contributed by atoms with Crippen molar-refractivity contribution in [3.8, 4) is 0 Å². The number of nitrogens with zero attached hydrogens (tertiary/aromatic N) is 4. The van der Waals surface area contributed by atoms with Gasteiger partial charge in [-0.05, 0) is 12.5 Å². The Hall–Kier alpha value is -2.31. The first-order valence-corrected chi connectivity index (χ1v) is 6.87. The average molecular weight is 292 g/mol. The lowest BCUT2D eigenvalue weighted by atomic mass is 10.4. The van der Waals surface area contributed by atoms with E-state index >= 15 is 0 Å². The van der Waals surface area contributed by atoms with Gasteiger partial charge in [-0.2, -0.15) is 0 Å². The molecule has 21 heavy (non-hydrogen) atoms. The molecular weight excluding hydrogens is 272 g/mol. The van der Waals surface area contributed by atoms with E-state index in [1.54, 1.807) is 35.8 Å². The highest BCUT2D eigenvalue weighted by molar-refractivity contribution is 5.80. The minimum absolute atomic E-state index is 0.0533. The topological polar surface area (TPSA) is 69.2 Å². The van der Waals surface area contributed by atoms with E-state index in [4.69, 9.17) is 0 Å². The first-order chi connectivity index (χ1) is 9.88. The summed E-state index contributed by atoms with van der Waals surface area (Å²) in [6, 6.07) is 1.64. The fourth-order valence-corrected chi connectivity index (χ4v) is 2.44. The number of amides is 1. The molecule has 2 aromatic heterocycles. The molecule has 0 unspecified atom stereocenters. The molecule has 0 aliphatic carbocycles. The molecule has 0 saturated carbocycles. The van der Waals surface area contributed by atoms with Gasteiger partial charge >= 0.3 is 5.69 Å². The molecule has 0 fully saturated rings. The van der Waals surface area contributed by atoms with Crippen molar-refractivity contribution in [1.82, 2.24) is 18.6 Å². The summed E-state index contributed by atoms with van der Waals surface area (Å²) in [5, 5.41) is 0.436. The molecule has 2 heterocycles. The van der Waals surface area contributed by atoms with E-state index < -0.39 is 5.69 Å². The summed E-state index contributed by atoms with van der Waals surface area (Å²) in [6.45, 7) is 2.79. The Morgan fingerprint density at radius 1 is 1.24 bits per heavy atom. The van der Waals surface area contributed by atoms with E-state index in [0.29, 0.717) is 17.6 Å². The van der Waals surface area contributed by atoms with E-state index in [-0.39, 0.29) is 18.0 Å². The van der Waals surface area contributed by atoms with E-state index in [1.165, 1.54) is 11.6 Å². The molecular formula is C14H20N4O3. The van der Waals surface area contributed by atoms with E-state index in [9.17, 15) is 14.4 Å². The first kappa shape index (κ1) is 15.1. The minimum atomic E-state index is -0.401. The van der Waals surface area contributed by atoms with E-state index in [0.717, 1.165) is 11.0 Å². The number of carbonyl (C=O) groups excluding carboxylic acids is 1. The van der Waals surface area contributed by atoms with Gasteiger partial charge in [-0.1, -0.05) is 6.92 Å². The summed E-state index contributed by atoms with van der Waals surface area (Å²) in [5.41, 5.74) is -0.274. The molecule has 0 aliphatic rings. The predicted octanol–water partition coefficient (Wildman–Crippen LogP) is -0.0929. The van der Waals surface area contributed by atoms with Crippen LogP contribution in [0.25, 0.3) is 11.0 Å². The van der Waals surface area contributed by atoms with Gasteiger partial charge in [0.05, 0.1) is 5.39 Å². The van der Waals surface area contributed by atoms with Crippen molar-refractivity contribution < 1.29 is 4.79 Å². The van der Waals surface area contributed by atoms with Crippen LogP contribution in [0.3, 0.4) is 0 Å². The Kier molecular flexibility index (Phi) is 4.02. The van der Waals surface area contributed by atoms with Gasteiger partial charge < -0.3 is 9.47 Å². The monoisotopic (exact) mass is 292 g/mol. The molecule has 0 aromatic carbocycles. The number of hydrogen-bond donors (Lipinski definition) is 0. The van der Waals surface area contributed by atoms with Crippen molar-refractivity contribution in [3.63, 3.8) is 0 Å². The molecule has 0 aliphatic heterocycles. The van der Waals surface area contributed by atoms with E-state index in [1.807, 2.05) is 6.92 Å². The van der Waals surface area contributed by atoms with Crippen LogP contribution in [0.5, 0.6) is 0 Å². The Labute approximate surface area is 122 Å². The molecule has 0 bridgehead atoms. The van der Waals surface area contributed by atoms with Gasteiger partial charge in [-0.3, -0.25) is 18.7 Å². The van der Waals surface area contributed by atoms with Crippen LogP contribution in [-0.2, 0) is 25.4 Å². The lowest BCUT2D eigenvalue weighted by Gasteiger charge is -2.17. The average Bonchev–Trinajstić information content (AvgIpc) is 2.86. The number of carbonyl (C=O) groups is 1. The highest BCUT2D eigenvalue weighted by Crippen LogP contribution is 2.09. The lowest BCUT2D eigenvalue weighted by molar-refractivity contribution is -0.130. The van der Waals surface area contributed by atoms with Crippen LogP contribution in [0, 0.1) is 0 Å². The second-order valence-corrected chi connectivity index (χ2v) is 5.20. The summed E-state index contributed by atoms with van der Waals surface area (Å²) in [7, 11) is 4.79. The third-order valence-corrected chi connectivity index (χ3v) is 3.65. The normalized spacial score (nSPS) is 11.0. The molecule has 1 amide bonds. The zero-order chi connectivity index (χ0) is 15.7. The SMILES string of the molecule is CCCN(C)C(=O)Cn1ccc2c(=O)n(C)c(=O)n(C)c21. The first-order valence-electron chi connectivity index (χ1n) is 6.87. The van der Waals surface area contributed by atoms with Crippen LogP contribution < -0.4 is 11.2 Å². The molecule has 2 aromatic rings. The molecule has 7 heteroatoms. The van der Waals surface area contributed by atoms with Crippen LogP contribution in [0.2, 0.25) is 0 Å². The third-order valence-electron chi connectivity index (χ3n) is 3.65. The third kappa shape index (κ3) is 2.51. The zero-order valence-electron chi connectivity index (χ0n) is 12.8. The van der Waals surface area contributed by atoms with Gasteiger partial charge in [0.15, 0.2) is 0 Å². The summed E-state index contributed by atoms with van der Waals surface area (Å²) in [4.78, 5) is 37.8. The Balaban J connectivity index is 2.51. The van der Waals surface area contributed by atoms with Gasteiger partial charge in [0, 0.05) is 33.9 Å². The lowest BCUT2D eigenvalue weighted by Crippen LogP contribution is -2.38. The summed E-state index contributed by atoms with van der Waals surface area (Å²) >= 11 is 0. The van der Waals surface area contributed by atoms with Crippen molar-refractivity contribution >= 4 is 16.9 Å². The predicted molar refractivity (Wildman–Crippen MR) is 80.3 cm³/mol. The number of fused-ring (bicyclic) bond motifs is 1. The van der Waals surface area contributed by atoms with Gasteiger partial charge in [-0.25, -0.2) is 4.79 Å². The van der Waals surface area contributed by atoms with E-state index in [2.05, 4.69) is 0 Å². The maximum absolute atomic E-state index is 12.1. The van der Waals surface area contributed by atoms with Gasteiger partial charge in [-0.15, -0.1) is 0 Å². The summed E-state index contributed by atoms with van der Waals surface area (Å²) < 4.78 is 4.11. The quantitative estimate of drug-likeness (QED) is 0.790. The Bertz CT molecular complexity index is 797. The molecule has 2 rings (SSSR count). The molecule has 0 radical (unpaired) electrons. The fourth-order valence-electron chi connectivity index (χ4n) is 2.44.